The molecule has 6 atom stereocenters. The molecule has 0 radical (unpaired) electrons. The summed E-state index contributed by atoms with van der Waals surface area (Å²) < 4.78 is 13.0. The van der Waals surface area contributed by atoms with E-state index in [2.05, 4.69) is 36.8 Å². The molecule has 2 saturated carbocycles. The van der Waals surface area contributed by atoms with Crippen LogP contribution in [0.1, 0.15) is 62.5 Å². The fraction of sp³-hybridized carbons (Fsp3) is 0.656. The Morgan fingerprint density at radius 2 is 1.95 bits per heavy atom. The average molecular weight is 542 g/mol. The minimum absolute atomic E-state index is 0.00791. The second-order valence-electron chi connectivity index (χ2n) is 13.5. The second kappa shape index (κ2) is 8.34. The van der Waals surface area contributed by atoms with Crippen molar-refractivity contribution >= 4 is 11.9 Å². The molecule has 5 aliphatic heterocycles. The highest BCUT2D eigenvalue weighted by Gasteiger charge is 2.74. The molecule has 8 heteroatoms. The molecule has 2 spiro atoms. The standard InChI is InChI=1S/C32H39N5O3/c1-39-24-8-7-21-18-25-31-10-9-22(28-32(31,26(21)27(24)40-28)12-16-35(25)19-20-5-6-20)36(17-11-31)29(38)23-4-2-15-37(23)30-33-13-3-14-34-30/h3,7-8,13-14,20,22-23,25,28H,2,4-6,9-12,15-19H2,1H3/t22-,23-,25+,28-,31+,32-/m0/s1. The van der Waals surface area contributed by atoms with E-state index in [0.717, 1.165) is 75.6 Å². The van der Waals surface area contributed by atoms with Crippen LogP contribution in [0.4, 0.5) is 5.95 Å². The summed E-state index contributed by atoms with van der Waals surface area (Å²) in [6, 6.07) is 6.69. The third kappa shape index (κ3) is 2.93. The van der Waals surface area contributed by atoms with E-state index in [-0.39, 0.29) is 34.9 Å². The van der Waals surface area contributed by atoms with Gasteiger partial charge in [-0.05, 0) is 87.9 Å². The fourth-order valence-electron chi connectivity index (χ4n) is 10.3. The molecule has 1 aromatic carbocycles. The predicted molar refractivity (Wildman–Crippen MR) is 150 cm³/mol. The topological polar surface area (TPSA) is 71.0 Å². The summed E-state index contributed by atoms with van der Waals surface area (Å²) >= 11 is 0. The van der Waals surface area contributed by atoms with Gasteiger partial charge in [0.15, 0.2) is 11.5 Å². The highest BCUT2D eigenvalue weighted by Crippen LogP contribution is 2.71. The van der Waals surface area contributed by atoms with Crippen molar-refractivity contribution < 1.29 is 14.3 Å². The summed E-state index contributed by atoms with van der Waals surface area (Å²) in [6.07, 6.45) is 13.7. The molecular formula is C32H39N5O3. The van der Waals surface area contributed by atoms with Crippen molar-refractivity contribution in [2.75, 3.05) is 38.2 Å². The van der Waals surface area contributed by atoms with Crippen LogP contribution in [0.2, 0.25) is 0 Å². The Morgan fingerprint density at radius 3 is 2.77 bits per heavy atom. The van der Waals surface area contributed by atoms with Gasteiger partial charge in [-0.25, -0.2) is 9.97 Å². The minimum atomic E-state index is -0.198. The van der Waals surface area contributed by atoms with Gasteiger partial charge in [-0.3, -0.25) is 9.69 Å². The lowest BCUT2D eigenvalue weighted by Crippen LogP contribution is -2.73. The Labute approximate surface area is 236 Å². The van der Waals surface area contributed by atoms with E-state index in [1.54, 1.807) is 19.5 Å². The van der Waals surface area contributed by atoms with E-state index < -0.39 is 0 Å². The number of benzene rings is 1. The minimum Gasteiger partial charge on any atom is -0.493 e. The maximum Gasteiger partial charge on any atom is 0.245 e. The summed E-state index contributed by atoms with van der Waals surface area (Å²) in [5.41, 5.74) is 3.01. The molecule has 3 aliphatic carbocycles. The number of nitrogens with zero attached hydrogens (tertiary/aromatic N) is 5. The maximum absolute atomic E-state index is 14.6. The second-order valence-corrected chi connectivity index (χ2v) is 13.5. The van der Waals surface area contributed by atoms with Gasteiger partial charge in [0.1, 0.15) is 12.1 Å². The van der Waals surface area contributed by atoms with Gasteiger partial charge in [0.2, 0.25) is 11.9 Å². The number of carbonyl (C=O) groups excluding carboxylic acids is 1. The van der Waals surface area contributed by atoms with Crippen molar-refractivity contribution in [3.05, 3.63) is 41.7 Å². The zero-order chi connectivity index (χ0) is 26.6. The van der Waals surface area contributed by atoms with Crippen molar-refractivity contribution in [2.45, 2.75) is 87.4 Å². The number of piperidine rings is 1. The number of aromatic nitrogens is 2. The molecule has 8 nitrogen and oxygen atoms in total. The van der Waals surface area contributed by atoms with Crippen LogP contribution in [-0.4, -0.2) is 83.2 Å². The Hall–Kier alpha value is -2.87. The van der Waals surface area contributed by atoms with Gasteiger partial charge >= 0.3 is 0 Å². The number of ether oxygens (including phenoxy) is 2. The predicted octanol–water partition coefficient (Wildman–Crippen LogP) is 3.57. The van der Waals surface area contributed by atoms with Crippen LogP contribution in [0.3, 0.4) is 0 Å². The van der Waals surface area contributed by atoms with Crippen LogP contribution in [0.15, 0.2) is 30.6 Å². The lowest BCUT2D eigenvalue weighted by molar-refractivity contribution is -0.145. The lowest BCUT2D eigenvalue weighted by Gasteiger charge is -2.66. The van der Waals surface area contributed by atoms with E-state index in [9.17, 15) is 4.79 Å². The molecule has 0 unspecified atom stereocenters. The molecule has 2 aromatic rings. The third-order valence-corrected chi connectivity index (χ3v) is 12.0. The molecule has 1 aromatic heterocycles. The summed E-state index contributed by atoms with van der Waals surface area (Å²) in [6.45, 7) is 4.04. The number of rotatable bonds is 5. The summed E-state index contributed by atoms with van der Waals surface area (Å²) in [4.78, 5) is 30.9. The monoisotopic (exact) mass is 541 g/mol. The molecule has 0 N–H and O–H groups in total. The molecule has 10 rings (SSSR count). The summed E-state index contributed by atoms with van der Waals surface area (Å²) in [7, 11) is 1.76. The van der Waals surface area contributed by atoms with Crippen LogP contribution in [0.5, 0.6) is 11.5 Å². The van der Waals surface area contributed by atoms with Crippen LogP contribution in [-0.2, 0) is 16.6 Å². The Bertz CT molecular complexity index is 1370. The van der Waals surface area contributed by atoms with Gasteiger partial charge in [0.05, 0.1) is 13.2 Å². The number of anilines is 1. The van der Waals surface area contributed by atoms with Gasteiger partial charge in [-0.15, -0.1) is 0 Å². The van der Waals surface area contributed by atoms with E-state index in [4.69, 9.17) is 9.47 Å². The lowest BCUT2D eigenvalue weighted by atomic mass is 9.42. The molecular weight excluding hydrogens is 502 g/mol. The van der Waals surface area contributed by atoms with Crippen molar-refractivity contribution in [1.82, 2.24) is 19.8 Å². The molecule has 6 fully saturated rings. The number of carbonyl (C=O) groups is 1. The van der Waals surface area contributed by atoms with Gasteiger partial charge in [-0.1, -0.05) is 6.07 Å². The zero-order valence-corrected chi connectivity index (χ0v) is 23.4. The fourth-order valence-corrected chi connectivity index (χ4v) is 10.3. The van der Waals surface area contributed by atoms with Crippen LogP contribution < -0.4 is 14.4 Å². The number of likely N-dealkylation sites (tertiary alicyclic amines) is 1. The summed E-state index contributed by atoms with van der Waals surface area (Å²) in [5, 5.41) is 0. The van der Waals surface area contributed by atoms with Crippen LogP contribution >= 0.6 is 0 Å². The van der Waals surface area contributed by atoms with Gasteiger partial charge < -0.3 is 19.3 Å². The first kappa shape index (κ1) is 23.8. The highest BCUT2D eigenvalue weighted by atomic mass is 16.5. The van der Waals surface area contributed by atoms with Crippen molar-refractivity contribution in [3.8, 4) is 11.5 Å². The van der Waals surface area contributed by atoms with Gasteiger partial charge in [0, 0.05) is 54.5 Å². The van der Waals surface area contributed by atoms with Crippen molar-refractivity contribution in [2.24, 2.45) is 11.3 Å². The van der Waals surface area contributed by atoms with E-state index in [0.29, 0.717) is 12.0 Å². The number of amides is 1. The van der Waals surface area contributed by atoms with E-state index >= 15 is 0 Å². The number of hydrogen-bond acceptors (Lipinski definition) is 7. The SMILES string of the molecule is COc1ccc2c3c1O[C@H]1[C@@H]4CC[C@@]5(CCN4C(=O)[C@@H]4CCCN4c4ncccn4)[C@@H](C2)N(CC2CC2)CC[C@]315. The van der Waals surface area contributed by atoms with Gasteiger partial charge in [-0.2, -0.15) is 0 Å². The quantitative estimate of drug-likeness (QED) is 0.573. The third-order valence-electron chi connectivity index (χ3n) is 12.0. The van der Waals surface area contributed by atoms with Gasteiger partial charge in [0.25, 0.3) is 0 Å². The summed E-state index contributed by atoms with van der Waals surface area (Å²) in [5.74, 6) is 3.63. The molecule has 4 bridgehead atoms. The van der Waals surface area contributed by atoms with Crippen LogP contribution in [0, 0.1) is 11.3 Å². The van der Waals surface area contributed by atoms with Crippen molar-refractivity contribution in [3.63, 3.8) is 0 Å². The first-order chi connectivity index (χ1) is 19.6. The molecule has 210 valence electrons. The molecule has 6 heterocycles. The smallest absolute Gasteiger partial charge is 0.245 e. The number of fused-ring (bicyclic) bond motifs is 3. The van der Waals surface area contributed by atoms with E-state index in [1.165, 1.54) is 36.9 Å². The molecule has 1 amide bonds. The Kier molecular flexibility index (Phi) is 4.96. The maximum atomic E-state index is 14.6. The molecule has 8 aliphatic rings. The Balaban J connectivity index is 1.14. The average Bonchev–Trinajstić information content (AvgIpc) is 3.62. The van der Waals surface area contributed by atoms with Crippen LogP contribution in [0.25, 0.3) is 0 Å². The number of methoxy groups -OCH3 is 1. The molecule has 40 heavy (non-hydrogen) atoms. The van der Waals surface area contributed by atoms with E-state index in [1.807, 2.05) is 6.07 Å². The first-order valence-corrected chi connectivity index (χ1v) is 15.6. The zero-order valence-electron chi connectivity index (χ0n) is 23.4. The normalized spacial score (nSPS) is 37.2. The molecule has 4 saturated heterocycles. The first-order valence-electron chi connectivity index (χ1n) is 15.6. The number of hydrogen-bond donors (Lipinski definition) is 0. The largest absolute Gasteiger partial charge is 0.493 e. The van der Waals surface area contributed by atoms with Crippen molar-refractivity contribution in [1.29, 1.82) is 0 Å². The highest BCUT2D eigenvalue weighted by molar-refractivity contribution is 5.86. The Morgan fingerprint density at radius 1 is 1.07 bits per heavy atom.